The lowest BCUT2D eigenvalue weighted by Gasteiger charge is -2.27. The minimum absolute atomic E-state index is 0.114. The molecule has 0 unspecified atom stereocenters. The molecule has 0 amide bonds. The van der Waals surface area contributed by atoms with Crippen LogP contribution >= 0.6 is 0 Å². The van der Waals surface area contributed by atoms with Crippen LogP contribution in [0.4, 0.5) is 0 Å². The van der Waals surface area contributed by atoms with Crippen LogP contribution in [0, 0.1) is 0 Å². The smallest absolute Gasteiger partial charge is 0.229 e. The maximum absolute atomic E-state index is 12.3. The number of carbonyl (C=O) groups is 2. The number of ketones is 2. The maximum atomic E-state index is 12.3. The number of fused-ring (bicyclic) bond motifs is 4. The standard InChI is InChI=1S/C32H18O10/c33-19-5-15-27(9-23(19)37)41-28-10-24(38)20(34)6-16(28)31(15)13-1-2-14(4-3-13)32-17-7-21(35)25(39)11-29(17)42-30-12-26(40)22(36)8-18(30)32/h1-12,33-35,37-39H. The van der Waals surface area contributed by atoms with E-state index in [4.69, 9.17) is 9.47 Å². The Bertz CT molecular complexity index is 2050. The zero-order valence-electron chi connectivity index (χ0n) is 21.2. The van der Waals surface area contributed by atoms with Gasteiger partial charge in [-0.2, -0.15) is 0 Å². The van der Waals surface area contributed by atoms with Crippen molar-refractivity contribution in [2.75, 3.05) is 0 Å². The first-order valence-electron chi connectivity index (χ1n) is 12.5. The van der Waals surface area contributed by atoms with E-state index in [1.165, 1.54) is 36.4 Å². The normalized spacial score (nSPS) is 15.0. The summed E-state index contributed by atoms with van der Waals surface area (Å²) >= 11 is 0. The molecular weight excluding hydrogens is 544 g/mol. The van der Waals surface area contributed by atoms with Crippen molar-refractivity contribution in [2.24, 2.45) is 0 Å². The average Bonchev–Trinajstić information content (AvgIpc) is 2.95. The molecule has 0 aromatic heterocycles. The van der Waals surface area contributed by atoms with Gasteiger partial charge in [0.05, 0.1) is 0 Å². The van der Waals surface area contributed by atoms with Crippen LogP contribution in [0.5, 0.6) is 51.7 Å². The van der Waals surface area contributed by atoms with E-state index in [0.29, 0.717) is 43.8 Å². The van der Waals surface area contributed by atoms with Gasteiger partial charge in [-0.25, -0.2) is 0 Å². The summed E-state index contributed by atoms with van der Waals surface area (Å²) in [7, 11) is 0. The van der Waals surface area contributed by atoms with E-state index >= 15 is 0 Å². The third-order valence-corrected chi connectivity index (χ3v) is 7.26. The fraction of sp³-hybridized carbons (Fsp3) is 0. The first-order valence-corrected chi connectivity index (χ1v) is 12.5. The summed E-state index contributed by atoms with van der Waals surface area (Å²) < 4.78 is 11.7. The van der Waals surface area contributed by atoms with Crippen molar-refractivity contribution < 1.29 is 49.7 Å². The number of hydrogen-bond donors (Lipinski definition) is 6. The second-order valence-electron chi connectivity index (χ2n) is 9.84. The molecule has 4 aromatic rings. The van der Waals surface area contributed by atoms with E-state index in [-0.39, 0.29) is 23.0 Å². The molecule has 0 spiro atoms. The van der Waals surface area contributed by atoms with Crippen LogP contribution in [0.1, 0.15) is 16.7 Å². The van der Waals surface area contributed by atoms with Crippen molar-refractivity contribution >= 4 is 22.7 Å². The van der Waals surface area contributed by atoms with Gasteiger partial charge in [0.25, 0.3) is 0 Å². The zero-order chi connectivity index (χ0) is 29.4. The summed E-state index contributed by atoms with van der Waals surface area (Å²) in [5.41, 5.74) is 2.49. The number of phenolic OH excluding ortho intramolecular Hbond substituents is 6. The molecule has 2 aliphatic heterocycles. The molecule has 10 nitrogen and oxygen atoms in total. The van der Waals surface area contributed by atoms with Crippen LogP contribution in [0.25, 0.3) is 11.1 Å². The van der Waals surface area contributed by atoms with Crippen LogP contribution in [-0.2, 0) is 9.59 Å². The third-order valence-electron chi connectivity index (χ3n) is 7.26. The van der Waals surface area contributed by atoms with Gasteiger partial charge in [-0.15, -0.1) is 0 Å². The summed E-state index contributed by atoms with van der Waals surface area (Å²) in [6.07, 6.45) is 2.24. The zero-order valence-corrected chi connectivity index (χ0v) is 21.2. The molecule has 0 saturated heterocycles. The molecule has 0 radical (unpaired) electrons. The van der Waals surface area contributed by atoms with Crippen molar-refractivity contribution in [2.45, 2.75) is 0 Å². The van der Waals surface area contributed by atoms with Crippen LogP contribution in [-0.4, -0.2) is 42.2 Å². The number of aromatic hydroxyl groups is 6. The van der Waals surface area contributed by atoms with Gasteiger partial charge in [-0.1, -0.05) is 24.3 Å². The number of hydrogen-bond acceptors (Lipinski definition) is 10. The molecular formula is C32H18O10. The second-order valence-corrected chi connectivity index (χ2v) is 9.84. The van der Waals surface area contributed by atoms with Gasteiger partial charge in [0.2, 0.25) is 11.6 Å². The Morgan fingerprint density at radius 2 is 0.833 bits per heavy atom. The molecule has 1 aliphatic carbocycles. The Balaban J connectivity index is 1.53. The number of carbonyl (C=O) groups excluding carboxylic acids is 2. The summed E-state index contributed by atoms with van der Waals surface area (Å²) in [5.74, 6) is -3.23. The SMILES string of the molecule is O=C1C=C2Oc3cc(O)c(O)cc3C(=c3ccc(=C4c5cc(O)c(O)cc5Oc5cc(O)c(O)cc54)cc3)C2=CC1=O. The maximum Gasteiger partial charge on any atom is 0.229 e. The molecule has 206 valence electrons. The Kier molecular flexibility index (Phi) is 5.13. The molecule has 6 N–H and O–H groups in total. The van der Waals surface area contributed by atoms with E-state index in [9.17, 15) is 40.2 Å². The Labute approximate surface area is 235 Å². The van der Waals surface area contributed by atoms with Gasteiger partial charge in [0.1, 0.15) is 23.0 Å². The van der Waals surface area contributed by atoms with Gasteiger partial charge in [-0.3, -0.25) is 9.59 Å². The monoisotopic (exact) mass is 562 g/mol. The van der Waals surface area contributed by atoms with Crippen LogP contribution in [0.15, 0.2) is 84.1 Å². The van der Waals surface area contributed by atoms with Gasteiger partial charge in [-0.05, 0) is 28.6 Å². The van der Waals surface area contributed by atoms with Crippen LogP contribution in [0.3, 0.4) is 0 Å². The lowest BCUT2D eigenvalue weighted by Crippen LogP contribution is -2.24. The van der Waals surface area contributed by atoms with Crippen molar-refractivity contribution in [1.82, 2.24) is 0 Å². The molecule has 4 aromatic carbocycles. The van der Waals surface area contributed by atoms with Crippen molar-refractivity contribution in [1.29, 1.82) is 0 Å². The highest BCUT2D eigenvalue weighted by molar-refractivity contribution is 6.47. The van der Waals surface area contributed by atoms with Crippen LogP contribution < -0.4 is 19.9 Å². The predicted molar refractivity (Wildman–Crippen MR) is 146 cm³/mol. The van der Waals surface area contributed by atoms with E-state index in [1.54, 1.807) is 24.3 Å². The van der Waals surface area contributed by atoms with Crippen molar-refractivity contribution in [3.63, 3.8) is 0 Å². The number of allylic oxidation sites excluding steroid dienone is 3. The number of phenols is 6. The summed E-state index contributed by atoms with van der Waals surface area (Å²) in [6.45, 7) is 0. The average molecular weight is 562 g/mol. The van der Waals surface area contributed by atoms with Gasteiger partial charge < -0.3 is 40.1 Å². The molecule has 0 bridgehead atoms. The highest BCUT2D eigenvalue weighted by Gasteiger charge is 2.32. The largest absolute Gasteiger partial charge is 0.504 e. The van der Waals surface area contributed by atoms with E-state index < -0.39 is 46.1 Å². The Morgan fingerprint density at radius 1 is 0.452 bits per heavy atom. The van der Waals surface area contributed by atoms with Gasteiger partial charge in [0, 0.05) is 63.8 Å². The first kappa shape index (κ1) is 24.9. The van der Waals surface area contributed by atoms with Gasteiger partial charge >= 0.3 is 0 Å². The fourth-order valence-electron chi connectivity index (χ4n) is 5.29. The minimum atomic E-state index is -0.758. The molecule has 0 atom stereocenters. The summed E-state index contributed by atoms with van der Waals surface area (Å²) in [5, 5.41) is 62.2. The number of rotatable bonds is 0. The molecule has 7 rings (SSSR count). The predicted octanol–water partition coefficient (Wildman–Crippen LogP) is 2.83. The number of benzene rings is 4. The molecule has 2 heterocycles. The molecule has 0 saturated carbocycles. The molecule has 42 heavy (non-hydrogen) atoms. The second kappa shape index (κ2) is 8.67. The minimum Gasteiger partial charge on any atom is -0.504 e. The lowest BCUT2D eigenvalue weighted by molar-refractivity contribution is -0.131. The van der Waals surface area contributed by atoms with Gasteiger partial charge in [0.15, 0.2) is 34.5 Å². The third kappa shape index (κ3) is 3.66. The van der Waals surface area contributed by atoms with Crippen molar-refractivity contribution in [3.05, 3.63) is 111 Å². The lowest BCUT2D eigenvalue weighted by atomic mass is 9.86. The Morgan fingerprint density at radius 3 is 1.33 bits per heavy atom. The molecule has 0 fully saturated rings. The summed E-state index contributed by atoms with van der Waals surface area (Å²) in [6, 6.07) is 14.6. The highest BCUT2D eigenvalue weighted by Crippen LogP contribution is 2.49. The highest BCUT2D eigenvalue weighted by atomic mass is 16.5. The number of ether oxygens (including phenoxy) is 2. The topological polar surface area (TPSA) is 174 Å². The van der Waals surface area contributed by atoms with E-state index in [2.05, 4.69) is 0 Å². The van der Waals surface area contributed by atoms with Crippen molar-refractivity contribution in [3.8, 4) is 51.7 Å². The Hall–Kier alpha value is -6.16. The van der Waals surface area contributed by atoms with E-state index in [1.807, 2.05) is 0 Å². The molecule has 10 heteroatoms. The summed E-state index contributed by atoms with van der Waals surface area (Å²) in [4.78, 5) is 24.4. The molecule has 3 aliphatic rings. The first-order chi connectivity index (χ1) is 20.1. The van der Waals surface area contributed by atoms with E-state index in [0.717, 1.165) is 12.2 Å². The fourth-order valence-corrected chi connectivity index (χ4v) is 5.29. The quantitative estimate of drug-likeness (QED) is 0.0936. The van der Waals surface area contributed by atoms with Crippen LogP contribution in [0.2, 0.25) is 0 Å².